The molecular weight excluding hydrogens is 428 g/mol. The molecule has 176 valence electrons. The first kappa shape index (κ1) is 24.4. The van der Waals surface area contributed by atoms with Gasteiger partial charge in [0.2, 0.25) is 15.9 Å². The Morgan fingerprint density at radius 2 is 1.72 bits per heavy atom. The van der Waals surface area contributed by atoms with Gasteiger partial charge in [0, 0.05) is 32.7 Å². The van der Waals surface area contributed by atoms with Crippen molar-refractivity contribution in [2.45, 2.75) is 51.3 Å². The van der Waals surface area contributed by atoms with Crippen molar-refractivity contribution in [1.82, 2.24) is 19.7 Å². The first-order valence-corrected chi connectivity index (χ1v) is 12.4. The number of piperazine rings is 1. The molecule has 0 unspecified atom stereocenters. The predicted octanol–water partition coefficient (Wildman–Crippen LogP) is 2.25. The first-order chi connectivity index (χ1) is 15.0. The van der Waals surface area contributed by atoms with Crippen LogP contribution >= 0.6 is 0 Å². The third-order valence-corrected chi connectivity index (χ3v) is 7.96. The number of rotatable bonds is 7. The zero-order valence-corrected chi connectivity index (χ0v) is 20.5. The van der Waals surface area contributed by atoms with Gasteiger partial charge in [-0.3, -0.25) is 9.69 Å². The summed E-state index contributed by atoms with van der Waals surface area (Å²) in [4.78, 5) is 14.5. The highest BCUT2D eigenvalue weighted by atomic mass is 32.2. The summed E-state index contributed by atoms with van der Waals surface area (Å²) in [7, 11) is -3.64. The molecule has 3 rings (SSSR count). The number of aromatic nitrogens is 1. The van der Waals surface area contributed by atoms with Crippen LogP contribution in [0.3, 0.4) is 0 Å². The van der Waals surface area contributed by atoms with E-state index in [2.05, 4.69) is 55.5 Å². The van der Waals surface area contributed by atoms with Crippen molar-refractivity contribution in [3.05, 3.63) is 46.8 Å². The lowest BCUT2D eigenvalue weighted by atomic mass is 9.86. The second-order valence-corrected chi connectivity index (χ2v) is 11.3. The molecular formula is C23H34N4O4S. The molecule has 1 aromatic carbocycles. The molecule has 0 spiro atoms. The van der Waals surface area contributed by atoms with E-state index in [0.29, 0.717) is 44.2 Å². The van der Waals surface area contributed by atoms with Crippen LogP contribution in [0.4, 0.5) is 0 Å². The summed E-state index contributed by atoms with van der Waals surface area (Å²) in [6.07, 6.45) is 0.777. The zero-order chi connectivity index (χ0) is 23.5. The number of hydrogen-bond donors (Lipinski definition) is 1. The molecule has 1 aromatic heterocycles. The normalized spacial score (nSPS) is 16.3. The van der Waals surface area contributed by atoms with Crippen molar-refractivity contribution in [3.8, 4) is 0 Å². The van der Waals surface area contributed by atoms with Gasteiger partial charge in [0.05, 0.1) is 6.54 Å². The highest BCUT2D eigenvalue weighted by Gasteiger charge is 2.33. The number of sulfonamides is 1. The van der Waals surface area contributed by atoms with Crippen LogP contribution in [0.25, 0.3) is 0 Å². The number of nitrogens with one attached hydrogen (secondary N) is 1. The van der Waals surface area contributed by atoms with Gasteiger partial charge in [-0.05, 0) is 36.8 Å². The number of carbonyl (C=O) groups excluding carboxylic acids is 1. The van der Waals surface area contributed by atoms with Gasteiger partial charge in [-0.2, -0.15) is 4.31 Å². The summed E-state index contributed by atoms with van der Waals surface area (Å²) in [5.74, 6) is 0.260. The maximum atomic E-state index is 12.9. The van der Waals surface area contributed by atoms with E-state index in [1.807, 2.05) is 4.90 Å². The zero-order valence-electron chi connectivity index (χ0n) is 19.6. The molecule has 0 bridgehead atoms. The topological polar surface area (TPSA) is 95.8 Å². The number of carbonyl (C=O) groups is 1. The van der Waals surface area contributed by atoms with E-state index in [1.54, 1.807) is 13.8 Å². The van der Waals surface area contributed by atoms with Crippen molar-refractivity contribution in [1.29, 1.82) is 0 Å². The van der Waals surface area contributed by atoms with Gasteiger partial charge in [-0.25, -0.2) is 8.42 Å². The summed E-state index contributed by atoms with van der Waals surface area (Å²) in [6.45, 7) is 12.3. The van der Waals surface area contributed by atoms with E-state index in [4.69, 9.17) is 4.52 Å². The van der Waals surface area contributed by atoms with Gasteiger partial charge in [0.25, 0.3) is 0 Å². The molecule has 1 N–H and O–H groups in total. The van der Waals surface area contributed by atoms with Crippen molar-refractivity contribution in [2.24, 2.45) is 0 Å². The van der Waals surface area contributed by atoms with Crippen molar-refractivity contribution < 1.29 is 17.7 Å². The summed E-state index contributed by atoms with van der Waals surface area (Å²) < 4.78 is 32.3. The molecule has 0 atom stereocenters. The Kier molecular flexibility index (Phi) is 7.42. The smallest absolute Gasteiger partial charge is 0.248 e. The highest BCUT2D eigenvalue weighted by molar-refractivity contribution is 7.89. The van der Waals surface area contributed by atoms with Crippen LogP contribution in [0.2, 0.25) is 0 Å². The Morgan fingerprint density at radius 1 is 1.09 bits per heavy atom. The molecule has 2 heterocycles. The molecule has 1 fully saturated rings. The Balaban J connectivity index is 1.43. The maximum absolute atomic E-state index is 12.9. The lowest BCUT2D eigenvalue weighted by Gasteiger charge is -2.33. The Bertz CT molecular complexity index is 1010. The van der Waals surface area contributed by atoms with Gasteiger partial charge in [-0.1, -0.05) is 50.2 Å². The quantitative estimate of drug-likeness (QED) is 0.678. The predicted molar refractivity (Wildman–Crippen MR) is 123 cm³/mol. The van der Waals surface area contributed by atoms with E-state index < -0.39 is 10.0 Å². The average Bonchev–Trinajstić information content (AvgIpc) is 3.07. The molecule has 1 aliphatic rings. The molecule has 0 saturated carbocycles. The van der Waals surface area contributed by atoms with Crippen LogP contribution in [-0.4, -0.2) is 68.0 Å². The average molecular weight is 463 g/mol. The van der Waals surface area contributed by atoms with Crippen molar-refractivity contribution in [2.75, 3.05) is 39.3 Å². The van der Waals surface area contributed by atoms with Crippen LogP contribution in [0.5, 0.6) is 0 Å². The van der Waals surface area contributed by atoms with E-state index in [9.17, 15) is 13.2 Å². The number of aryl methyl sites for hydroxylation is 2. The minimum atomic E-state index is -3.64. The van der Waals surface area contributed by atoms with Gasteiger partial charge in [0.1, 0.15) is 10.6 Å². The van der Waals surface area contributed by atoms with Crippen LogP contribution in [-0.2, 0) is 26.7 Å². The van der Waals surface area contributed by atoms with Crippen molar-refractivity contribution >= 4 is 15.9 Å². The minimum absolute atomic E-state index is 0.0432. The molecule has 0 radical (unpaired) electrons. The minimum Gasteiger partial charge on any atom is -0.360 e. The summed E-state index contributed by atoms with van der Waals surface area (Å²) in [5.41, 5.74) is 2.98. The van der Waals surface area contributed by atoms with E-state index >= 15 is 0 Å². The molecule has 1 aliphatic heterocycles. The highest BCUT2D eigenvalue weighted by Crippen LogP contribution is 2.24. The molecule has 32 heavy (non-hydrogen) atoms. The van der Waals surface area contributed by atoms with Crippen LogP contribution < -0.4 is 5.32 Å². The lowest BCUT2D eigenvalue weighted by molar-refractivity contribution is -0.122. The van der Waals surface area contributed by atoms with Crippen LogP contribution in [0.15, 0.2) is 33.7 Å². The largest absolute Gasteiger partial charge is 0.360 e. The van der Waals surface area contributed by atoms with Gasteiger partial charge in [-0.15, -0.1) is 0 Å². The second-order valence-electron chi connectivity index (χ2n) is 9.38. The summed E-state index contributed by atoms with van der Waals surface area (Å²) in [6, 6.07) is 8.53. The molecule has 8 nitrogen and oxygen atoms in total. The van der Waals surface area contributed by atoms with E-state index in [0.717, 1.165) is 6.42 Å². The van der Waals surface area contributed by atoms with Crippen LogP contribution in [0, 0.1) is 13.8 Å². The fourth-order valence-corrected chi connectivity index (χ4v) is 5.59. The van der Waals surface area contributed by atoms with Gasteiger partial charge in [0.15, 0.2) is 5.76 Å². The Morgan fingerprint density at radius 3 is 2.25 bits per heavy atom. The Hall–Kier alpha value is -2.23. The lowest BCUT2D eigenvalue weighted by Crippen LogP contribution is -2.51. The number of benzene rings is 1. The van der Waals surface area contributed by atoms with E-state index in [-0.39, 0.29) is 22.8 Å². The van der Waals surface area contributed by atoms with Crippen LogP contribution in [0.1, 0.15) is 43.4 Å². The van der Waals surface area contributed by atoms with Gasteiger partial charge < -0.3 is 9.84 Å². The number of nitrogens with zero attached hydrogens (tertiary/aromatic N) is 3. The SMILES string of the molecule is Cc1noc(C)c1S(=O)(=O)N1CCN(CC(=O)NCCc2ccc(C(C)(C)C)cc2)CC1. The molecule has 0 aliphatic carbocycles. The maximum Gasteiger partial charge on any atom is 0.248 e. The molecule has 1 saturated heterocycles. The second kappa shape index (κ2) is 9.72. The summed E-state index contributed by atoms with van der Waals surface area (Å²) >= 11 is 0. The number of amides is 1. The third kappa shape index (κ3) is 5.76. The Labute approximate surface area is 191 Å². The fraction of sp³-hybridized carbons (Fsp3) is 0.565. The standard InChI is InChI=1S/C23H34N4O4S/c1-17-22(18(2)31-25-17)32(29,30)27-14-12-26(13-15-27)16-21(28)24-11-10-19-6-8-20(9-7-19)23(3,4)5/h6-9H,10-16H2,1-5H3,(H,24,28). The van der Waals surface area contributed by atoms with Gasteiger partial charge >= 0.3 is 0 Å². The van der Waals surface area contributed by atoms with Crippen molar-refractivity contribution in [3.63, 3.8) is 0 Å². The third-order valence-electron chi connectivity index (χ3n) is 5.82. The molecule has 2 aromatic rings. The molecule has 9 heteroatoms. The fourth-order valence-electron chi connectivity index (χ4n) is 3.88. The molecule has 1 amide bonds. The summed E-state index contributed by atoms with van der Waals surface area (Å²) in [5, 5.41) is 6.72. The first-order valence-electron chi connectivity index (χ1n) is 11.0. The monoisotopic (exact) mass is 462 g/mol. The number of hydrogen-bond acceptors (Lipinski definition) is 6. The van der Waals surface area contributed by atoms with E-state index in [1.165, 1.54) is 15.4 Å².